The number of furan rings is 1. The van der Waals surface area contributed by atoms with Crippen LogP contribution in [0.15, 0.2) is 47.1 Å². The van der Waals surface area contributed by atoms with Gasteiger partial charge in [0.1, 0.15) is 5.76 Å². The van der Waals surface area contributed by atoms with Gasteiger partial charge in [-0.15, -0.1) is 0 Å². The molecule has 7 nitrogen and oxygen atoms in total. The maximum Gasteiger partial charge on any atom is 0.251 e. The molecule has 0 bridgehead atoms. The SMILES string of the molecule is C[C@@H]1[C@@H]2[C@@H](O)[C@@H]([C@H](C)C(=O)NCc3ccco3)CC[C@]2(C)CC[C@@H]1NC(=O)c1ccc(C#N)cc1. The van der Waals surface area contributed by atoms with Crippen molar-refractivity contribution < 1.29 is 19.1 Å². The van der Waals surface area contributed by atoms with Crippen molar-refractivity contribution in [3.8, 4) is 6.07 Å². The summed E-state index contributed by atoms with van der Waals surface area (Å²) in [6.45, 7) is 6.58. The van der Waals surface area contributed by atoms with Crippen molar-refractivity contribution in [3.63, 3.8) is 0 Å². The van der Waals surface area contributed by atoms with Crippen LogP contribution in [0, 0.1) is 40.4 Å². The predicted octanol–water partition coefficient (Wildman–Crippen LogP) is 4.03. The van der Waals surface area contributed by atoms with Gasteiger partial charge in [-0.1, -0.05) is 20.8 Å². The summed E-state index contributed by atoms with van der Waals surface area (Å²) in [4.78, 5) is 25.8. The quantitative estimate of drug-likeness (QED) is 0.581. The van der Waals surface area contributed by atoms with Crippen LogP contribution >= 0.6 is 0 Å². The third kappa shape index (κ3) is 5.13. The summed E-state index contributed by atoms with van der Waals surface area (Å²) in [7, 11) is 0. The van der Waals surface area contributed by atoms with Gasteiger partial charge in [-0.05, 0) is 85.3 Å². The van der Waals surface area contributed by atoms with Gasteiger partial charge in [0.2, 0.25) is 5.91 Å². The second kappa shape index (κ2) is 10.2. The minimum absolute atomic E-state index is 0.0124. The number of hydrogen-bond acceptors (Lipinski definition) is 5. The Morgan fingerprint density at radius 1 is 1.23 bits per heavy atom. The summed E-state index contributed by atoms with van der Waals surface area (Å²) >= 11 is 0. The van der Waals surface area contributed by atoms with Crippen LogP contribution in [-0.4, -0.2) is 29.1 Å². The molecule has 2 aliphatic carbocycles. The molecule has 0 unspecified atom stereocenters. The van der Waals surface area contributed by atoms with E-state index in [4.69, 9.17) is 9.68 Å². The number of nitriles is 1. The lowest BCUT2D eigenvalue weighted by molar-refractivity contribution is -0.142. The fourth-order valence-electron chi connectivity index (χ4n) is 6.39. The number of amides is 2. The molecule has 2 saturated carbocycles. The number of aliphatic hydroxyl groups is 1. The molecule has 1 aromatic carbocycles. The van der Waals surface area contributed by atoms with E-state index in [9.17, 15) is 14.7 Å². The molecule has 7 atom stereocenters. The Bertz CT molecular complexity index is 1070. The molecular weight excluding hydrogens is 442 g/mol. The van der Waals surface area contributed by atoms with E-state index < -0.39 is 6.10 Å². The lowest BCUT2D eigenvalue weighted by Gasteiger charge is -2.56. The van der Waals surface area contributed by atoms with Gasteiger partial charge in [0.05, 0.1) is 30.5 Å². The highest BCUT2D eigenvalue weighted by molar-refractivity contribution is 5.94. The third-order valence-electron chi connectivity index (χ3n) is 8.55. The molecule has 0 aliphatic heterocycles. The lowest BCUT2D eigenvalue weighted by atomic mass is 9.51. The van der Waals surface area contributed by atoms with Crippen LogP contribution in [0.3, 0.4) is 0 Å². The molecule has 2 fully saturated rings. The van der Waals surface area contributed by atoms with Crippen molar-refractivity contribution in [2.45, 2.75) is 65.1 Å². The number of rotatable bonds is 6. The number of nitrogens with one attached hydrogen (secondary N) is 2. The maximum absolute atomic E-state index is 12.9. The van der Waals surface area contributed by atoms with Crippen LogP contribution < -0.4 is 10.6 Å². The molecule has 2 aromatic rings. The van der Waals surface area contributed by atoms with E-state index in [2.05, 4.69) is 30.6 Å². The number of hydrogen-bond donors (Lipinski definition) is 3. The Kier molecular flexibility index (Phi) is 7.32. The van der Waals surface area contributed by atoms with E-state index >= 15 is 0 Å². The molecule has 3 N–H and O–H groups in total. The number of fused-ring (bicyclic) bond motifs is 1. The fraction of sp³-hybridized carbons (Fsp3) is 0.536. The van der Waals surface area contributed by atoms with Crippen molar-refractivity contribution in [2.75, 3.05) is 0 Å². The molecule has 0 spiro atoms. The van der Waals surface area contributed by atoms with Crippen LogP contribution in [0.4, 0.5) is 0 Å². The first-order chi connectivity index (χ1) is 16.7. The van der Waals surface area contributed by atoms with Gasteiger partial charge in [0.25, 0.3) is 5.91 Å². The molecule has 7 heteroatoms. The van der Waals surface area contributed by atoms with E-state index in [-0.39, 0.29) is 46.9 Å². The van der Waals surface area contributed by atoms with Crippen LogP contribution in [0.1, 0.15) is 68.1 Å². The average molecular weight is 478 g/mol. The summed E-state index contributed by atoms with van der Waals surface area (Å²) < 4.78 is 5.30. The lowest BCUT2D eigenvalue weighted by Crippen LogP contribution is -2.58. The van der Waals surface area contributed by atoms with Crippen LogP contribution in [0.2, 0.25) is 0 Å². The van der Waals surface area contributed by atoms with Gasteiger partial charge in [-0.25, -0.2) is 0 Å². The van der Waals surface area contributed by atoms with E-state index in [0.717, 1.165) is 25.7 Å². The highest BCUT2D eigenvalue weighted by atomic mass is 16.3. The van der Waals surface area contributed by atoms with Crippen molar-refractivity contribution >= 4 is 11.8 Å². The fourth-order valence-corrected chi connectivity index (χ4v) is 6.39. The Labute approximate surface area is 206 Å². The van der Waals surface area contributed by atoms with Crippen molar-refractivity contribution in [1.82, 2.24) is 10.6 Å². The number of aliphatic hydroxyl groups excluding tert-OH is 1. The molecule has 1 aromatic heterocycles. The second-order valence-corrected chi connectivity index (χ2v) is 10.6. The zero-order valence-corrected chi connectivity index (χ0v) is 20.7. The van der Waals surface area contributed by atoms with Gasteiger partial charge in [-0.2, -0.15) is 5.26 Å². The van der Waals surface area contributed by atoms with Gasteiger partial charge >= 0.3 is 0 Å². The average Bonchev–Trinajstić information content (AvgIpc) is 3.38. The second-order valence-electron chi connectivity index (χ2n) is 10.6. The van der Waals surface area contributed by atoms with E-state index in [0.29, 0.717) is 23.4 Å². The molecule has 0 radical (unpaired) electrons. The van der Waals surface area contributed by atoms with E-state index in [1.165, 1.54) is 0 Å². The van der Waals surface area contributed by atoms with Gasteiger partial charge in [-0.3, -0.25) is 9.59 Å². The first-order valence-electron chi connectivity index (χ1n) is 12.5. The Morgan fingerprint density at radius 3 is 2.60 bits per heavy atom. The van der Waals surface area contributed by atoms with Crippen molar-refractivity contribution in [1.29, 1.82) is 5.26 Å². The van der Waals surface area contributed by atoms with E-state index in [1.807, 2.05) is 13.0 Å². The number of carbonyl (C=O) groups is 2. The molecule has 4 rings (SSSR count). The highest BCUT2D eigenvalue weighted by Crippen LogP contribution is 2.55. The van der Waals surface area contributed by atoms with Crippen molar-refractivity contribution in [3.05, 3.63) is 59.5 Å². The zero-order chi connectivity index (χ0) is 25.2. The predicted molar refractivity (Wildman–Crippen MR) is 131 cm³/mol. The summed E-state index contributed by atoms with van der Waals surface area (Å²) in [6.07, 6.45) is 4.49. The molecule has 35 heavy (non-hydrogen) atoms. The first-order valence-corrected chi connectivity index (χ1v) is 12.5. The molecule has 2 amide bonds. The summed E-state index contributed by atoms with van der Waals surface area (Å²) in [5, 5.41) is 26.7. The Morgan fingerprint density at radius 2 is 1.94 bits per heavy atom. The normalized spacial score (nSPS) is 31.0. The zero-order valence-electron chi connectivity index (χ0n) is 20.7. The molecule has 186 valence electrons. The van der Waals surface area contributed by atoms with E-state index in [1.54, 1.807) is 36.6 Å². The van der Waals surface area contributed by atoms with Gasteiger partial charge < -0.3 is 20.2 Å². The summed E-state index contributed by atoms with van der Waals surface area (Å²) in [5.41, 5.74) is 1.02. The molecule has 1 heterocycles. The van der Waals surface area contributed by atoms with Crippen molar-refractivity contribution in [2.24, 2.45) is 29.1 Å². The summed E-state index contributed by atoms with van der Waals surface area (Å²) in [6, 6.07) is 12.2. The minimum atomic E-state index is -0.622. The maximum atomic E-state index is 12.9. The molecule has 0 saturated heterocycles. The smallest absolute Gasteiger partial charge is 0.251 e. The number of benzene rings is 1. The Balaban J connectivity index is 1.42. The topological polar surface area (TPSA) is 115 Å². The van der Waals surface area contributed by atoms with Gasteiger partial charge in [0.15, 0.2) is 0 Å². The largest absolute Gasteiger partial charge is 0.467 e. The summed E-state index contributed by atoms with van der Waals surface area (Å²) in [5.74, 6) is 0.0361. The first kappa shape index (κ1) is 25.0. The molecular formula is C28H35N3O4. The standard InChI is InChI=1S/C28H35N3O4/c1-17(26(33)30-16-21-5-4-14-35-21)22-10-12-28(3)13-11-23(18(2)24(28)25(22)32)31-27(34)20-8-6-19(15-29)7-9-20/h4-9,14,17-18,22-25,32H,10-13,16H2,1-3H3,(H,30,33)(H,31,34)/t17-,18-,22+,23-,24+,25-,28+/m0/s1. The van der Waals surface area contributed by atoms with Crippen LogP contribution in [0.25, 0.3) is 0 Å². The monoisotopic (exact) mass is 477 g/mol. The number of carbonyl (C=O) groups excluding carboxylic acids is 2. The van der Waals surface area contributed by atoms with Crippen LogP contribution in [0.5, 0.6) is 0 Å². The Hall–Kier alpha value is -3.11. The number of nitrogens with zero attached hydrogens (tertiary/aromatic N) is 1. The highest BCUT2D eigenvalue weighted by Gasteiger charge is 2.53. The van der Waals surface area contributed by atoms with Crippen LogP contribution in [-0.2, 0) is 11.3 Å². The molecule has 2 aliphatic rings. The third-order valence-corrected chi connectivity index (χ3v) is 8.55. The minimum Gasteiger partial charge on any atom is -0.467 e. The van der Waals surface area contributed by atoms with Gasteiger partial charge in [0, 0.05) is 17.5 Å².